The molecule has 108 valence electrons. The zero-order valence-electron chi connectivity index (χ0n) is 12.6. The molecule has 0 spiro atoms. The number of hydrogen-bond acceptors (Lipinski definition) is 4. The van der Waals surface area contributed by atoms with Crippen LogP contribution in [0.5, 0.6) is 0 Å². The maximum atomic E-state index is 5.23. The highest BCUT2D eigenvalue weighted by atomic mass is 16.5. The molecule has 0 fully saturated rings. The van der Waals surface area contributed by atoms with Crippen molar-refractivity contribution in [2.45, 2.75) is 39.7 Å². The van der Waals surface area contributed by atoms with E-state index >= 15 is 0 Å². The molecule has 0 saturated carbocycles. The molecular weight excluding hydrogens is 238 g/mol. The first kappa shape index (κ1) is 15.8. The van der Waals surface area contributed by atoms with E-state index in [0.717, 1.165) is 38.2 Å². The molecular formula is C15H27N3O. The summed E-state index contributed by atoms with van der Waals surface area (Å²) in [7, 11) is 1.75. The minimum Gasteiger partial charge on any atom is -0.384 e. The number of aromatic nitrogens is 1. The van der Waals surface area contributed by atoms with E-state index in [1.807, 2.05) is 12.4 Å². The van der Waals surface area contributed by atoms with Gasteiger partial charge >= 0.3 is 0 Å². The smallest absolute Gasteiger partial charge is 0.0637 e. The van der Waals surface area contributed by atoms with Crippen molar-refractivity contribution in [3.63, 3.8) is 0 Å². The Morgan fingerprint density at radius 3 is 2.58 bits per heavy atom. The first-order valence-corrected chi connectivity index (χ1v) is 7.21. The van der Waals surface area contributed by atoms with Crippen molar-refractivity contribution in [3.05, 3.63) is 18.5 Å². The number of nitrogens with one attached hydrogen (secondary N) is 1. The Bertz CT molecular complexity index is 353. The minimum atomic E-state index is 0.536. The summed E-state index contributed by atoms with van der Waals surface area (Å²) in [5.74, 6) is 0. The van der Waals surface area contributed by atoms with Crippen molar-refractivity contribution < 1.29 is 4.74 Å². The van der Waals surface area contributed by atoms with E-state index in [0.29, 0.717) is 6.04 Å². The van der Waals surface area contributed by atoms with Crippen LogP contribution in [0.1, 0.15) is 33.6 Å². The van der Waals surface area contributed by atoms with Crippen LogP contribution in [0, 0.1) is 0 Å². The molecule has 1 heterocycles. The number of pyridine rings is 1. The molecule has 1 aromatic rings. The second kappa shape index (κ2) is 8.75. The van der Waals surface area contributed by atoms with Crippen LogP contribution in [-0.2, 0) is 4.74 Å². The molecule has 4 nitrogen and oxygen atoms in total. The average molecular weight is 265 g/mol. The van der Waals surface area contributed by atoms with Crippen molar-refractivity contribution in [2.24, 2.45) is 0 Å². The molecule has 1 aromatic heterocycles. The van der Waals surface area contributed by atoms with Crippen molar-refractivity contribution in [3.8, 4) is 0 Å². The van der Waals surface area contributed by atoms with Crippen LogP contribution in [0.25, 0.3) is 0 Å². The van der Waals surface area contributed by atoms with Gasteiger partial charge in [0.2, 0.25) is 0 Å². The molecule has 0 bridgehead atoms. The number of ether oxygens (including phenoxy) is 1. The molecule has 1 N–H and O–H groups in total. The van der Waals surface area contributed by atoms with E-state index in [9.17, 15) is 0 Å². The Morgan fingerprint density at radius 2 is 2.00 bits per heavy atom. The van der Waals surface area contributed by atoms with E-state index in [-0.39, 0.29) is 0 Å². The second-order valence-corrected chi connectivity index (χ2v) is 4.62. The minimum absolute atomic E-state index is 0.536. The third kappa shape index (κ3) is 4.71. The summed E-state index contributed by atoms with van der Waals surface area (Å²) in [6, 6.07) is 2.71. The predicted molar refractivity (Wildman–Crippen MR) is 82.0 cm³/mol. The van der Waals surface area contributed by atoms with Gasteiger partial charge in [-0.15, -0.1) is 0 Å². The van der Waals surface area contributed by atoms with Gasteiger partial charge in [0.05, 0.1) is 30.4 Å². The van der Waals surface area contributed by atoms with Crippen molar-refractivity contribution >= 4 is 11.4 Å². The number of nitrogens with zero attached hydrogens (tertiary/aromatic N) is 2. The topological polar surface area (TPSA) is 37.4 Å². The first-order valence-electron chi connectivity index (χ1n) is 7.21. The van der Waals surface area contributed by atoms with Crippen LogP contribution < -0.4 is 10.2 Å². The molecule has 4 heteroatoms. The summed E-state index contributed by atoms with van der Waals surface area (Å²) in [5, 5.41) is 3.31. The highest BCUT2D eigenvalue weighted by Crippen LogP contribution is 2.22. The Balaban J connectivity index is 2.91. The molecule has 0 aromatic carbocycles. The molecule has 0 saturated heterocycles. The van der Waals surface area contributed by atoms with Gasteiger partial charge < -0.3 is 15.0 Å². The van der Waals surface area contributed by atoms with Gasteiger partial charge in [-0.25, -0.2) is 0 Å². The van der Waals surface area contributed by atoms with Gasteiger partial charge in [-0.1, -0.05) is 13.8 Å². The molecule has 0 unspecified atom stereocenters. The SMILES string of the molecule is CCNc1cncc(N(CCOC)C(CC)CC)c1. The summed E-state index contributed by atoms with van der Waals surface area (Å²) in [6.45, 7) is 9.11. The second-order valence-electron chi connectivity index (χ2n) is 4.62. The Kier molecular flexibility index (Phi) is 7.26. The van der Waals surface area contributed by atoms with Gasteiger partial charge in [-0.05, 0) is 25.8 Å². The molecule has 0 aliphatic heterocycles. The molecule has 0 amide bonds. The average Bonchev–Trinajstić information content (AvgIpc) is 2.44. The summed E-state index contributed by atoms with van der Waals surface area (Å²) in [5.41, 5.74) is 2.25. The molecule has 0 aliphatic carbocycles. The zero-order valence-corrected chi connectivity index (χ0v) is 12.6. The fourth-order valence-electron chi connectivity index (χ4n) is 2.33. The van der Waals surface area contributed by atoms with Crippen LogP contribution >= 0.6 is 0 Å². The van der Waals surface area contributed by atoms with Gasteiger partial charge in [0.15, 0.2) is 0 Å². The zero-order chi connectivity index (χ0) is 14.1. The molecule has 1 rings (SSSR count). The monoisotopic (exact) mass is 265 g/mol. The number of methoxy groups -OCH3 is 1. The molecule has 0 radical (unpaired) electrons. The van der Waals surface area contributed by atoms with Crippen LogP contribution in [0.15, 0.2) is 18.5 Å². The van der Waals surface area contributed by atoms with Crippen LogP contribution in [0.2, 0.25) is 0 Å². The summed E-state index contributed by atoms with van der Waals surface area (Å²) < 4.78 is 5.23. The van der Waals surface area contributed by atoms with Gasteiger partial charge in [0, 0.05) is 26.2 Å². The largest absolute Gasteiger partial charge is 0.384 e. The van der Waals surface area contributed by atoms with Crippen LogP contribution in [0.4, 0.5) is 11.4 Å². The number of hydrogen-bond donors (Lipinski definition) is 1. The lowest BCUT2D eigenvalue weighted by molar-refractivity contribution is 0.202. The van der Waals surface area contributed by atoms with Gasteiger partial charge in [0.1, 0.15) is 0 Å². The normalized spacial score (nSPS) is 10.8. The fraction of sp³-hybridized carbons (Fsp3) is 0.667. The lowest BCUT2D eigenvalue weighted by atomic mass is 10.1. The van der Waals surface area contributed by atoms with Crippen LogP contribution in [-0.4, -0.2) is 37.8 Å². The van der Waals surface area contributed by atoms with E-state index in [2.05, 4.69) is 42.0 Å². The van der Waals surface area contributed by atoms with Gasteiger partial charge in [-0.3, -0.25) is 4.98 Å². The highest BCUT2D eigenvalue weighted by molar-refractivity contribution is 5.56. The van der Waals surface area contributed by atoms with Crippen molar-refractivity contribution in [1.29, 1.82) is 0 Å². The van der Waals surface area contributed by atoms with E-state index in [1.54, 1.807) is 7.11 Å². The maximum absolute atomic E-state index is 5.23. The Labute approximate surface area is 117 Å². The lowest BCUT2D eigenvalue weighted by Gasteiger charge is -2.32. The fourth-order valence-corrected chi connectivity index (χ4v) is 2.33. The van der Waals surface area contributed by atoms with Crippen LogP contribution in [0.3, 0.4) is 0 Å². The van der Waals surface area contributed by atoms with Gasteiger partial charge in [0.25, 0.3) is 0 Å². The lowest BCUT2D eigenvalue weighted by Crippen LogP contribution is -2.37. The van der Waals surface area contributed by atoms with E-state index in [1.165, 1.54) is 5.69 Å². The Morgan fingerprint density at radius 1 is 1.26 bits per heavy atom. The summed E-state index contributed by atoms with van der Waals surface area (Å²) >= 11 is 0. The van der Waals surface area contributed by atoms with Crippen molar-refractivity contribution in [1.82, 2.24) is 4.98 Å². The molecule has 0 atom stereocenters. The third-order valence-corrected chi connectivity index (χ3v) is 3.36. The standard InChI is InChI=1S/C15H27N3O/c1-5-14(6-2)18(8-9-19-4)15-10-13(17-7-3)11-16-12-15/h10-12,14,17H,5-9H2,1-4H3. The van der Waals surface area contributed by atoms with E-state index < -0.39 is 0 Å². The van der Waals surface area contributed by atoms with E-state index in [4.69, 9.17) is 4.74 Å². The third-order valence-electron chi connectivity index (χ3n) is 3.36. The maximum Gasteiger partial charge on any atom is 0.0637 e. The predicted octanol–water partition coefficient (Wildman–Crippen LogP) is 3.15. The first-order chi connectivity index (χ1) is 9.26. The van der Waals surface area contributed by atoms with Gasteiger partial charge in [-0.2, -0.15) is 0 Å². The molecule has 0 aliphatic rings. The highest BCUT2D eigenvalue weighted by Gasteiger charge is 2.16. The summed E-state index contributed by atoms with van der Waals surface area (Å²) in [6.07, 6.45) is 6.07. The molecule has 19 heavy (non-hydrogen) atoms. The number of anilines is 2. The number of rotatable bonds is 9. The summed E-state index contributed by atoms with van der Waals surface area (Å²) in [4.78, 5) is 6.74. The quantitative estimate of drug-likeness (QED) is 0.744. The van der Waals surface area contributed by atoms with Crippen molar-refractivity contribution in [2.75, 3.05) is 37.0 Å². The Hall–Kier alpha value is -1.29.